The van der Waals surface area contributed by atoms with E-state index in [9.17, 15) is 5.11 Å². The number of ether oxygens (including phenoxy) is 3. The summed E-state index contributed by atoms with van der Waals surface area (Å²) in [5.41, 5.74) is 0.524. The van der Waals surface area contributed by atoms with Gasteiger partial charge in [-0.2, -0.15) is 0 Å². The molecule has 0 saturated carbocycles. The third kappa shape index (κ3) is 20.4. The second-order valence-corrected chi connectivity index (χ2v) is 8.04. The molecule has 0 heterocycles. The van der Waals surface area contributed by atoms with Gasteiger partial charge in [-0.15, -0.1) is 0 Å². The van der Waals surface area contributed by atoms with Crippen LogP contribution in [0.15, 0.2) is 30.3 Å². The molecule has 0 spiro atoms. The molecule has 34 heavy (non-hydrogen) atoms. The maximum atomic E-state index is 10.8. The topological polar surface area (TPSA) is 51.2 Å². The molecule has 0 amide bonds. The Balaban J connectivity index is 0. The van der Waals surface area contributed by atoms with Gasteiger partial charge in [0.05, 0.1) is 32.0 Å². The maximum absolute atomic E-state index is 10.8. The molecule has 1 aromatic carbocycles. The highest BCUT2D eigenvalue weighted by Crippen LogP contribution is 2.21. The minimum Gasteiger partial charge on any atom is -0.390 e. The molecule has 5 nitrogen and oxygen atoms in total. The summed E-state index contributed by atoms with van der Waals surface area (Å²) in [7, 11) is 0. The van der Waals surface area contributed by atoms with Crippen LogP contribution in [-0.2, 0) is 20.8 Å². The fourth-order valence-electron chi connectivity index (χ4n) is 3.49. The fourth-order valence-corrected chi connectivity index (χ4v) is 3.49. The van der Waals surface area contributed by atoms with Gasteiger partial charge in [0.15, 0.2) is 0 Å². The van der Waals surface area contributed by atoms with Crippen LogP contribution < -0.4 is 0 Å². The number of hydrogen-bond donors (Lipinski definition) is 1. The average molecular weight is 484 g/mol. The van der Waals surface area contributed by atoms with E-state index in [1.807, 2.05) is 52.8 Å². The van der Waals surface area contributed by atoms with E-state index in [1.165, 1.54) is 18.4 Å². The second-order valence-electron chi connectivity index (χ2n) is 8.04. The van der Waals surface area contributed by atoms with Crippen LogP contribution in [0.25, 0.3) is 0 Å². The highest BCUT2D eigenvalue weighted by atomic mass is 16.5. The number of hydrogen-bond acceptors (Lipinski definition) is 5. The largest absolute Gasteiger partial charge is 0.390 e. The van der Waals surface area contributed by atoms with Crippen LogP contribution in [0.2, 0.25) is 0 Å². The minimum absolute atomic E-state index is 0.590. The molecule has 202 valence electrons. The Hall–Kier alpha value is -0.980. The lowest BCUT2D eigenvalue weighted by molar-refractivity contribution is -0.0215. The molecule has 0 aliphatic carbocycles. The lowest BCUT2D eigenvalue weighted by Crippen LogP contribution is -2.32. The summed E-state index contributed by atoms with van der Waals surface area (Å²) >= 11 is 0. The Morgan fingerprint density at radius 2 is 1.29 bits per heavy atom. The highest BCUT2D eigenvalue weighted by Gasteiger charge is 2.23. The molecule has 0 aromatic heterocycles. The van der Waals surface area contributed by atoms with Crippen LogP contribution in [-0.4, -0.2) is 68.3 Å². The first kappa shape index (κ1) is 35.2. The molecule has 0 saturated heterocycles. The van der Waals surface area contributed by atoms with Crippen molar-refractivity contribution >= 4 is 0 Å². The zero-order valence-corrected chi connectivity index (χ0v) is 23.6. The molecule has 1 rings (SSSR count). The quantitative estimate of drug-likeness (QED) is 0.209. The molecule has 5 heteroatoms. The molecule has 1 unspecified atom stereocenters. The van der Waals surface area contributed by atoms with Crippen LogP contribution >= 0.6 is 0 Å². The van der Waals surface area contributed by atoms with Crippen molar-refractivity contribution in [3.05, 3.63) is 35.9 Å². The summed E-state index contributed by atoms with van der Waals surface area (Å²) in [6.45, 7) is 21.5. The van der Waals surface area contributed by atoms with Gasteiger partial charge in [0.2, 0.25) is 0 Å². The molecular weight excluding hydrogens is 426 g/mol. The van der Waals surface area contributed by atoms with Gasteiger partial charge in [-0.3, -0.25) is 0 Å². The highest BCUT2D eigenvalue weighted by molar-refractivity contribution is 5.13. The normalized spacial score (nSPS) is 12.4. The van der Waals surface area contributed by atoms with Crippen LogP contribution in [0, 0.1) is 0 Å². The zero-order chi connectivity index (χ0) is 25.9. The van der Waals surface area contributed by atoms with E-state index in [4.69, 9.17) is 14.2 Å². The Kier molecular flexibility index (Phi) is 27.5. The molecular formula is C29H57NO4. The molecule has 0 bridgehead atoms. The number of nitrogens with zero attached hydrogens (tertiary/aromatic N) is 1. The van der Waals surface area contributed by atoms with Crippen LogP contribution in [0.5, 0.6) is 0 Å². The molecule has 1 aromatic rings. The van der Waals surface area contributed by atoms with Crippen LogP contribution in [0.3, 0.4) is 0 Å². The van der Waals surface area contributed by atoms with Crippen LogP contribution in [0.4, 0.5) is 0 Å². The monoisotopic (exact) mass is 483 g/mol. The fraction of sp³-hybridized carbons (Fsp3) is 0.793. The average Bonchev–Trinajstić information content (AvgIpc) is 2.88. The van der Waals surface area contributed by atoms with E-state index in [0.717, 1.165) is 45.5 Å². The predicted octanol–water partition coefficient (Wildman–Crippen LogP) is 6.72. The summed E-state index contributed by atoms with van der Waals surface area (Å²) in [4.78, 5) is 2.45. The van der Waals surface area contributed by atoms with Crippen molar-refractivity contribution in [3.8, 4) is 0 Å². The van der Waals surface area contributed by atoms with E-state index in [1.54, 1.807) is 0 Å². The van der Waals surface area contributed by atoms with Crippen LogP contribution in [0.1, 0.15) is 92.6 Å². The smallest absolute Gasteiger partial charge is 0.0718 e. The first-order valence-electron chi connectivity index (χ1n) is 13.9. The van der Waals surface area contributed by atoms with E-state index in [0.29, 0.717) is 39.5 Å². The summed E-state index contributed by atoms with van der Waals surface area (Å²) in [5, 5.41) is 10.8. The van der Waals surface area contributed by atoms with Crippen molar-refractivity contribution in [2.24, 2.45) is 0 Å². The first-order valence-corrected chi connectivity index (χ1v) is 13.9. The van der Waals surface area contributed by atoms with Gasteiger partial charge in [-0.1, -0.05) is 78.8 Å². The molecule has 0 fully saturated rings. The van der Waals surface area contributed by atoms with Gasteiger partial charge in [-0.05, 0) is 57.2 Å². The summed E-state index contributed by atoms with van der Waals surface area (Å²) in [5.74, 6) is 0. The molecule has 0 radical (unpaired) electrons. The Bertz CT molecular complexity index is 494. The molecule has 1 atom stereocenters. The third-order valence-electron chi connectivity index (χ3n) is 5.42. The lowest BCUT2D eigenvalue weighted by atomic mass is 9.91. The van der Waals surface area contributed by atoms with E-state index < -0.39 is 5.60 Å². The first-order chi connectivity index (χ1) is 16.6. The SMILES string of the molecule is CC.CC.CCCN(CCC)CCOCCC(O)(CC)CCCOCCOCc1ccccc1. The number of benzene rings is 1. The van der Waals surface area contributed by atoms with Gasteiger partial charge in [0, 0.05) is 19.8 Å². The lowest BCUT2D eigenvalue weighted by Gasteiger charge is -2.27. The summed E-state index contributed by atoms with van der Waals surface area (Å²) in [6.07, 6.45) is 5.38. The third-order valence-corrected chi connectivity index (χ3v) is 5.42. The van der Waals surface area contributed by atoms with E-state index in [-0.39, 0.29) is 0 Å². The second kappa shape index (κ2) is 26.6. The van der Waals surface area contributed by atoms with Gasteiger partial charge < -0.3 is 24.2 Å². The minimum atomic E-state index is -0.653. The van der Waals surface area contributed by atoms with Crippen molar-refractivity contribution in [1.29, 1.82) is 0 Å². The van der Waals surface area contributed by atoms with Gasteiger partial charge in [0.25, 0.3) is 0 Å². The van der Waals surface area contributed by atoms with Crippen molar-refractivity contribution < 1.29 is 19.3 Å². The molecule has 0 aliphatic rings. The summed E-state index contributed by atoms with van der Waals surface area (Å²) in [6, 6.07) is 10.2. The van der Waals surface area contributed by atoms with Crippen molar-refractivity contribution in [2.45, 2.75) is 99.2 Å². The Labute approximate surface area is 212 Å². The summed E-state index contributed by atoms with van der Waals surface area (Å²) < 4.78 is 17.1. The van der Waals surface area contributed by atoms with Gasteiger partial charge in [-0.25, -0.2) is 0 Å². The molecule has 0 aliphatic heterocycles. The van der Waals surface area contributed by atoms with Crippen molar-refractivity contribution in [2.75, 3.05) is 52.7 Å². The maximum Gasteiger partial charge on any atom is 0.0718 e. The van der Waals surface area contributed by atoms with Gasteiger partial charge >= 0.3 is 0 Å². The Morgan fingerprint density at radius 3 is 1.88 bits per heavy atom. The van der Waals surface area contributed by atoms with E-state index >= 15 is 0 Å². The number of aliphatic hydroxyl groups is 1. The van der Waals surface area contributed by atoms with Crippen molar-refractivity contribution in [3.63, 3.8) is 0 Å². The van der Waals surface area contributed by atoms with Crippen molar-refractivity contribution in [1.82, 2.24) is 4.90 Å². The number of rotatable bonds is 20. The predicted molar refractivity (Wildman–Crippen MR) is 147 cm³/mol. The Morgan fingerprint density at radius 1 is 0.706 bits per heavy atom. The van der Waals surface area contributed by atoms with Gasteiger partial charge in [0.1, 0.15) is 0 Å². The zero-order valence-electron chi connectivity index (χ0n) is 23.6. The van der Waals surface area contributed by atoms with E-state index in [2.05, 4.69) is 30.9 Å². The molecule has 1 N–H and O–H groups in total. The standard InChI is InChI=1S/C25H45NO4.2C2H6/c1-4-15-26(16-5-2)17-20-29-19-14-25(27,6-3)13-10-18-28-21-22-30-23-24-11-8-7-9-12-24;2*1-2/h7-9,11-12,27H,4-6,10,13-23H2,1-3H3;2*1-2H3.